The smallest absolute Gasteiger partial charge is 0.323 e. The van der Waals surface area contributed by atoms with Gasteiger partial charge in [-0.3, -0.25) is 14.4 Å². The number of likely N-dealkylation sites (tertiary alicyclic amines) is 1. The van der Waals surface area contributed by atoms with Gasteiger partial charge in [-0.1, -0.05) is 17.7 Å². The summed E-state index contributed by atoms with van der Waals surface area (Å²) in [5.41, 5.74) is -0.156. The van der Waals surface area contributed by atoms with Crippen molar-refractivity contribution in [3.05, 3.63) is 34.6 Å². The molecule has 1 atom stereocenters. The van der Waals surface area contributed by atoms with E-state index in [4.69, 9.17) is 16.7 Å². The first-order chi connectivity index (χ1) is 11.8. The van der Waals surface area contributed by atoms with Gasteiger partial charge in [0.1, 0.15) is 12.4 Å². The van der Waals surface area contributed by atoms with Gasteiger partial charge in [-0.25, -0.2) is 4.39 Å². The first kappa shape index (κ1) is 19.2. The minimum atomic E-state index is -1.08. The first-order valence-electron chi connectivity index (χ1n) is 8.03. The summed E-state index contributed by atoms with van der Waals surface area (Å²) in [6, 6.07) is 3.82. The highest BCUT2D eigenvalue weighted by Gasteiger charge is 2.29. The zero-order valence-corrected chi connectivity index (χ0v) is 14.6. The number of benzene rings is 1. The fourth-order valence-corrected chi connectivity index (χ4v) is 3.34. The highest BCUT2D eigenvalue weighted by atomic mass is 35.5. The molecule has 1 aliphatic heterocycles. The van der Waals surface area contributed by atoms with Gasteiger partial charge in [0.05, 0.1) is 10.6 Å². The Kier molecular flexibility index (Phi) is 6.36. The van der Waals surface area contributed by atoms with Gasteiger partial charge in [-0.2, -0.15) is 0 Å². The average Bonchev–Trinajstić information content (AvgIpc) is 2.77. The second-order valence-corrected chi connectivity index (χ2v) is 6.42. The summed E-state index contributed by atoms with van der Waals surface area (Å²) in [6.07, 6.45) is 1.61. The van der Waals surface area contributed by atoms with E-state index < -0.39 is 17.7 Å². The monoisotopic (exact) mass is 370 g/mol. The largest absolute Gasteiger partial charge is 0.480 e. The van der Waals surface area contributed by atoms with Crippen molar-refractivity contribution in [1.82, 2.24) is 9.80 Å². The third kappa shape index (κ3) is 4.69. The lowest BCUT2D eigenvalue weighted by molar-refractivity contribution is -0.145. The minimum Gasteiger partial charge on any atom is -0.480 e. The van der Waals surface area contributed by atoms with Crippen LogP contribution in [0.4, 0.5) is 4.39 Å². The lowest BCUT2D eigenvalue weighted by atomic mass is 10.1. The summed E-state index contributed by atoms with van der Waals surface area (Å²) < 4.78 is 14.0. The van der Waals surface area contributed by atoms with E-state index >= 15 is 0 Å². The fourth-order valence-electron chi connectivity index (χ4n) is 3.10. The zero-order valence-electron chi connectivity index (χ0n) is 13.9. The van der Waals surface area contributed by atoms with Crippen LogP contribution in [0.2, 0.25) is 5.02 Å². The van der Waals surface area contributed by atoms with Crippen LogP contribution in [0.25, 0.3) is 0 Å². The van der Waals surface area contributed by atoms with E-state index in [1.807, 2.05) is 0 Å². The number of hydrogen-bond donors (Lipinski definition) is 1. The number of carbonyl (C=O) groups is 3. The van der Waals surface area contributed by atoms with E-state index in [0.29, 0.717) is 32.4 Å². The van der Waals surface area contributed by atoms with E-state index in [0.717, 1.165) is 0 Å². The van der Waals surface area contributed by atoms with Crippen molar-refractivity contribution in [2.45, 2.75) is 32.2 Å². The van der Waals surface area contributed by atoms with E-state index in [1.54, 1.807) is 0 Å². The quantitative estimate of drug-likeness (QED) is 0.882. The normalized spacial score (nSPS) is 17.7. The van der Waals surface area contributed by atoms with Gasteiger partial charge in [-0.05, 0) is 31.4 Å². The Hall–Kier alpha value is -2.15. The van der Waals surface area contributed by atoms with Gasteiger partial charge in [0.2, 0.25) is 5.91 Å². The summed E-state index contributed by atoms with van der Waals surface area (Å²) in [5, 5.41) is 9.03. The van der Waals surface area contributed by atoms with Crippen molar-refractivity contribution < 1.29 is 23.9 Å². The molecule has 25 heavy (non-hydrogen) atoms. The Labute approximate surface area is 150 Å². The van der Waals surface area contributed by atoms with Gasteiger partial charge >= 0.3 is 5.97 Å². The number of aliphatic carboxylic acids is 1. The third-order valence-corrected chi connectivity index (χ3v) is 4.63. The summed E-state index contributed by atoms with van der Waals surface area (Å²) in [7, 11) is 0. The Balaban J connectivity index is 2.11. The van der Waals surface area contributed by atoms with Crippen LogP contribution < -0.4 is 0 Å². The molecule has 2 rings (SSSR count). The van der Waals surface area contributed by atoms with Crippen molar-refractivity contribution in [2.75, 3.05) is 19.6 Å². The number of nitrogens with zero attached hydrogens (tertiary/aromatic N) is 2. The van der Waals surface area contributed by atoms with Gasteiger partial charge < -0.3 is 14.9 Å². The van der Waals surface area contributed by atoms with E-state index in [9.17, 15) is 18.8 Å². The summed E-state index contributed by atoms with van der Waals surface area (Å²) in [5.74, 6) is -2.55. The molecule has 1 fully saturated rings. The third-order valence-electron chi connectivity index (χ3n) is 4.31. The lowest BCUT2D eigenvalue weighted by Crippen LogP contribution is -2.43. The van der Waals surface area contributed by atoms with Crippen LogP contribution in [-0.4, -0.2) is 58.4 Å². The average molecular weight is 371 g/mol. The molecule has 1 aromatic rings. The molecule has 0 aromatic heterocycles. The van der Waals surface area contributed by atoms with Crippen LogP contribution in [0.15, 0.2) is 18.2 Å². The van der Waals surface area contributed by atoms with E-state index in [1.165, 1.54) is 34.9 Å². The number of hydrogen-bond acceptors (Lipinski definition) is 3. The second-order valence-electron chi connectivity index (χ2n) is 6.01. The topological polar surface area (TPSA) is 77.9 Å². The highest BCUT2D eigenvalue weighted by molar-refractivity contribution is 6.33. The maximum absolute atomic E-state index is 14.0. The number of halogens is 2. The summed E-state index contributed by atoms with van der Waals surface area (Å²) in [6.45, 7) is 1.67. The standard InChI is InChI=1S/C17H20ClFN2O4/c1-11(22)21(10-15(23)24)12-4-3-8-20(9-7-12)17(25)16-13(18)5-2-6-14(16)19/h2,5-6,12H,3-4,7-10H2,1H3,(H,23,24). The molecule has 0 bridgehead atoms. The summed E-state index contributed by atoms with van der Waals surface area (Å²) in [4.78, 5) is 38.1. The van der Waals surface area contributed by atoms with Crippen molar-refractivity contribution in [3.63, 3.8) is 0 Å². The zero-order chi connectivity index (χ0) is 18.6. The van der Waals surface area contributed by atoms with Crippen LogP contribution in [0.3, 0.4) is 0 Å². The molecular formula is C17H20ClFN2O4. The molecule has 0 radical (unpaired) electrons. The molecule has 6 nitrogen and oxygen atoms in total. The van der Waals surface area contributed by atoms with Gasteiger partial charge in [0, 0.05) is 26.1 Å². The molecule has 1 heterocycles. The van der Waals surface area contributed by atoms with Crippen molar-refractivity contribution in [2.24, 2.45) is 0 Å². The maximum Gasteiger partial charge on any atom is 0.323 e. The van der Waals surface area contributed by atoms with Gasteiger partial charge in [0.25, 0.3) is 5.91 Å². The molecule has 1 aromatic carbocycles. The Morgan fingerprint density at radius 3 is 2.64 bits per heavy atom. The van der Waals surface area contributed by atoms with Crippen molar-refractivity contribution >= 4 is 29.4 Å². The van der Waals surface area contributed by atoms with Crippen LogP contribution >= 0.6 is 11.6 Å². The maximum atomic E-state index is 14.0. The second kappa shape index (κ2) is 8.29. The first-order valence-corrected chi connectivity index (χ1v) is 8.41. The number of carboxylic acid groups (broad SMARTS) is 1. The van der Waals surface area contributed by atoms with E-state index in [-0.39, 0.29) is 29.1 Å². The Morgan fingerprint density at radius 1 is 1.32 bits per heavy atom. The fraction of sp³-hybridized carbons (Fsp3) is 0.471. The molecule has 1 N–H and O–H groups in total. The predicted molar refractivity (Wildman–Crippen MR) is 90.0 cm³/mol. The molecule has 1 saturated heterocycles. The molecular weight excluding hydrogens is 351 g/mol. The molecule has 0 saturated carbocycles. The Bertz CT molecular complexity index is 662. The number of carbonyl (C=O) groups excluding carboxylic acids is 2. The van der Waals surface area contributed by atoms with Gasteiger partial charge in [-0.15, -0.1) is 0 Å². The van der Waals surface area contributed by atoms with Crippen molar-refractivity contribution in [1.29, 1.82) is 0 Å². The number of rotatable bonds is 4. The highest BCUT2D eigenvalue weighted by Crippen LogP contribution is 2.24. The molecule has 2 amide bonds. The molecule has 8 heteroatoms. The predicted octanol–water partition coefficient (Wildman–Crippen LogP) is 2.41. The molecule has 0 spiro atoms. The number of amides is 2. The SMILES string of the molecule is CC(=O)N(CC(=O)O)C1CCCN(C(=O)c2c(F)cccc2Cl)CC1. The molecule has 1 unspecified atom stereocenters. The van der Waals surface area contributed by atoms with Crippen LogP contribution in [-0.2, 0) is 9.59 Å². The lowest BCUT2D eigenvalue weighted by Gasteiger charge is -2.29. The Morgan fingerprint density at radius 2 is 2.04 bits per heavy atom. The molecule has 0 aliphatic carbocycles. The van der Waals surface area contributed by atoms with E-state index in [2.05, 4.69) is 0 Å². The van der Waals surface area contributed by atoms with Crippen molar-refractivity contribution in [3.8, 4) is 0 Å². The van der Waals surface area contributed by atoms with Crippen LogP contribution in [0, 0.1) is 5.82 Å². The molecule has 1 aliphatic rings. The minimum absolute atomic E-state index is 0.0574. The van der Waals surface area contributed by atoms with Crippen LogP contribution in [0.5, 0.6) is 0 Å². The molecule has 136 valence electrons. The number of carboxylic acids is 1. The van der Waals surface area contributed by atoms with Gasteiger partial charge in [0.15, 0.2) is 0 Å². The summed E-state index contributed by atoms with van der Waals surface area (Å²) >= 11 is 5.96. The van der Waals surface area contributed by atoms with Crippen LogP contribution in [0.1, 0.15) is 36.5 Å².